The van der Waals surface area contributed by atoms with Gasteiger partial charge in [0.15, 0.2) is 11.5 Å². The number of anilines is 1. The third-order valence-electron chi connectivity index (χ3n) is 5.20. The third-order valence-corrected chi connectivity index (χ3v) is 6.58. The van der Waals surface area contributed by atoms with Gasteiger partial charge in [0.05, 0.1) is 18.1 Å². The van der Waals surface area contributed by atoms with Gasteiger partial charge in [-0.15, -0.1) is 0 Å². The first-order valence-corrected chi connectivity index (χ1v) is 11.4. The molecule has 1 fully saturated rings. The number of fused-ring (bicyclic) bond motifs is 1. The summed E-state index contributed by atoms with van der Waals surface area (Å²) in [6.45, 7) is 4.09. The number of ether oxygens (including phenoxy) is 2. The molecule has 0 spiro atoms. The summed E-state index contributed by atoms with van der Waals surface area (Å²) >= 11 is 0. The fraction of sp³-hybridized carbons (Fsp3) is 0.381. The van der Waals surface area contributed by atoms with E-state index in [0.717, 1.165) is 19.5 Å². The number of carbonyl (C=O) groups is 1. The van der Waals surface area contributed by atoms with Crippen molar-refractivity contribution in [2.75, 3.05) is 51.2 Å². The van der Waals surface area contributed by atoms with Crippen LogP contribution in [0.15, 0.2) is 47.4 Å². The van der Waals surface area contributed by atoms with Crippen molar-refractivity contribution in [1.29, 1.82) is 0 Å². The van der Waals surface area contributed by atoms with Crippen LogP contribution in [0.4, 0.5) is 5.69 Å². The fourth-order valence-electron chi connectivity index (χ4n) is 3.40. The number of hydrogen-bond donors (Lipinski definition) is 1. The van der Waals surface area contributed by atoms with E-state index in [1.807, 2.05) is 11.9 Å². The molecule has 8 nitrogen and oxygen atoms in total. The van der Waals surface area contributed by atoms with Crippen LogP contribution in [0.1, 0.15) is 16.8 Å². The molecule has 160 valence electrons. The minimum absolute atomic E-state index is 0.0413. The summed E-state index contributed by atoms with van der Waals surface area (Å²) < 4.78 is 39.2. The molecule has 0 radical (unpaired) electrons. The van der Waals surface area contributed by atoms with E-state index in [1.165, 1.54) is 12.1 Å². The van der Waals surface area contributed by atoms with Crippen LogP contribution >= 0.6 is 0 Å². The van der Waals surface area contributed by atoms with Crippen molar-refractivity contribution < 1.29 is 22.7 Å². The predicted octanol–water partition coefficient (Wildman–Crippen LogP) is 2.04. The fourth-order valence-corrected chi connectivity index (χ4v) is 4.47. The highest BCUT2D eigenvalue weighted by molar-refractivity contribution is 7.92. The third kappa shape index (κ3) is 4.52. The molecule has 30 heavy (non-hydrogen) atoms. The SMILES string of the molecule is CN1CCN(C(=O)c2ccc(NS(=O)(=O)c3ccc4c(c3)OCCCO4)cc2)CC1. The van der Waals surface area contributed by atoms with E-state index in [-0.39, 0.29) is 10.8 Å². The molecule has 1 saturated heterocycles. The molecule has 0 bridgehead atoms. The van der Waals surface area contributed by atoms with Crippen molar-refractivity contribution in [2.45, 2.75) is 11.3 Å². The predicted molar refractivity (Wildman–Crippen MR) is 113 cm³/mol. The maximum Gasteiger partial charge on any atom is 0.262 e. The van der Waals surface area contributed by atoms with Gasteiger partial charge in [-0.3, -0.25) is 9.52 Å². The summed E-state index contributed by atoms with van der Waals surface area (Å²) in [5, 5.41) is 0. The van der Waals surface area contributed by atoms with E-state index in [2.05, 4.69) is 9.62 Å². The Bertz CT molecular complexity index is 1020. The second kappa shape index (κ2) is 8.53. The summed E-state index contributed by atoms with van der Waals surface area (Å²) in [5.41, 5.74) is 0.926. The molecular weight excluding hydrogens is 406 g/mol. The first-order valence-electron chi connectivity index (χ1n) is 9.93. The molecule has 0 aromatic heterocycles. The Morgan fingerprint density at radius 1 is 0.933 bits per heavy atom. The number of benzene rings is 2. The van der Waals surface area contributed by atoms with Gasteiger partial charge in [0.1, 0.15) is 0 Å². The molecule has 9 heteroatoms. The lowest BCUT2D eigenvalue weighted by Crippen LogP contribution is -2.47. The molecule has 0 aliphatic carbocycles. The van der Waals surface area contributed by atoms with E-state index < -0.39 is 10.0 Å². The lowest BCUT2D eigenvalue weighted by atomic mass is 10.1. The maximum absolute atomic E-state index is 12.8. The first kappa shape index (κ1) is 20.5. The van der Waals surface area contributed by atoms with E-state index >= 15 is 0 Å². The topological polar surface area (TPSA) is 88.2 Å². The zero-order valence-corrected chi connectivity index (χ0v) is 17.7. The Hall–Kier alpha value is -2.78. The quantitative estimate of drug-likeness (QED) is 0.797. The Labute approximate surface area is 176 Å². The summed E-state index contributed by atoms with van der Waals surface area (Å²) in [5.74, 6) is 0.919. The van der Waals surface area contributed by atoms with Gasteiger partial charge in [0.25, 0.3) is 15.9 Å². The zero-order valence-electron chi connectivity index (χ0n) is 16.8. The molecule has 1 N–H and O–H groups in total. The number of amides is 1. The number of nitrogens with zero attached hydrogens (tertiary/aromatic N) is 2. The zero-order chi connectivity index (χ0) is 21.1. The first-order chi connectivity index (χ1) is 14.4. The number of sulfonamides is 1. The van der Waals surface area contributed by atoms with Crippen LogP contribution in [-0.2, 0) is 10.0 Å². The number of nitrogens with one attached hydrogen (secondary N) is 1. The van der Waals surface area contributed by atoms with Gasteiger partial charge in [0.2, 0.25) is 0 Å². The molecule has 2 aliphatic heterocycles. The molecule has 2 aromatic carbocycles. The maximum atomic E-state index is 12.8. The van der Waals surface area contributed by atoms with Crippen LogP contribution in [0.5, 0.6) is 11.5 Å². The van der Waals surface area contributed by atoms with E-state index in [1.54, 1.807) is 30.3 Å². The average Bonchev–Trinajstić information content (AvgIpc) is 2.99. The van der Waals surface area contributed by atoms with Crippen LogP contribution in [0.3, 0.4) is 0 Å². The number of likely N-dealkylation sites (N-methyl/N-ethyl adjacent to an activating group) is 1. The van der Waals surface area contributed by atoms with E-state index in [0.29, 0.717) is 49.1 Å². The molecule has 0 unspecified atom stereocenters. The highest BCUT2D eigenvalue weighted by Crippen LogP contribution is 2.32. The molecular formula is C21H25N3O5S. The lowest BCUT2D eigenvalue weighted by Gasteiger charge is -2.32. The normalized spacial score (nSPS) is 17.3. The number of piperazine rings is 1. The molecule has 0 saturated carbocycles. The van der Waals surface area contributed by atoms with E-state index in [4.69, 9.17) is 9.47 Å². The highest BCUT2D eigenvalue weighted by Gasteiger charge is 2.21. The largest absolute Gasteiger partial charge is 0.490 e. The van der Waals surface area contributed by atoms with Crippen molar-refractivity contribution in [3.05, 3.63) is 48.0 Å². The smallest absolute Gasteiger partial charge is 0.262 e. The van der Waals surface area contributed by atoms with Crippen molar-refractivity contribution in [3.8, 4) is 11.5 Å². The Morgan fingerprint density at radius 2 is 1.60 bits per heavy atom. The molecule has 2 aromatic rings. The van der Waals surface area contributed by atoms with Crippen molar-refractivity contribution in [2.24, 2.45) is 0 Å². The van der Waals surface area contributed by atoms with Gasteiger partial charge >= 0.3 is 0 Å². The number of hydrogen-bond acceptors (Lipinski definition) is 6. The standard InChI is InChI=1S/C21H25N3O5S/c1-23-9-11-24(12-10-23)21(25)16-3-5-17(6-4-16)22-30(26,27)18-7-8-19-20(15-18)29-14-2-13-28-19/h3-8,15,22H,2,9-14H2,1H3. The highest BCUT2D eigenvalue weighted by atomic mass is 32.2. The second-order valence-corrected chi connectivity index (χ2v) is 9.12. The minimum Gasteiger partial charge on any atom is -0.490 e. The summed E-state index contributed by atoms with van der Waals surface area (Å²) in [7, 11) is -1.77. The van der Waals surface area contributed by atoms with Crippen LogP contribution in [0.25, 0.3) is 0 Å². The average molecular weight is 432 g/mol. The van der Waals surface area contributed by atoms with Gasteiger partial charge in [-0.1, -0.05) is 0 Å². The Balaban J connectivity index is 1.46. The van der Waals surface area contributed by atoms with Crippen LogP contribution in [0.2, 0.25) is 0 Å². The lowest BCUT2D eigenvalue weighted by molar-refractivity contribution is 0.0664. The molecule has 2 aliphatic rings. The number of carbonyl (C=O) groups excluding carboxylic acids is 1. The summed E-state index contributed by atoms with van der Waals surface area (Å²) in [4.78, 5) is 16.7. The van der Waals surface area contributed by atoms with Gasteiger partial charge < -0.3 is 19.3 Å². The van der Waals surface area contributed by atoms with Gasteiger partial charge in [-0.2, -0.15) is 0 Å². The molecule has 2 heterocycles. The van der Waals surface area contributed by atoms with Gasteiger partial charge in [-0.25, -0.2) is 8.42 Å². The summed E-state index contributed by atoms with van der Waals surface area (Å²) in [6, 6.07) is 11.1. The van der Waals surface area contributed by atoms with Crippen LogP contribution < -0.4 is 14.2 Å². The van der Waals surface area contributed by atoms with Crippen molar-refractivity contribution in [1.82, 2.24) is 9.80 Å². The van der Waals surface area contributed by atoms with Crippen LogP contribution in [0, 0.1) is 0 Å². The number of rotatable bonds is 4. The van der Waals surface area contributed by atoms with Crippen LogP contribution in [-0.4, -0.2) is 70.6 Å². The summed E-state index contributed by atoms with van der Waals surface area (Å²) in [6.07, 6.45) is 0.744. The van der Waals surface area contributed by atoms with Crippen molar-refractivity contribution in [3.63, 3.8) is 0 Å². The Morgan fingerprint density at radius 3 is 2.30 bits per heavy atom. The molecule has 1 amide bonds. The second-order valence-electron chi connectivity index (χ2n) is 7.44. The monoisotopic (exact) mass is 431 g/mol. The molecule has 0 atom stereocenters. The Kier molecular flexibility index (Phi) is 5.83. The van der Waals surface area contributed by atoms with E-state index in [9.17, 15) is 13.2 Å². The minimum atomic E-state index is -3.80. The molecule has 4 rings (SSSR count). The van der Waals surface area contributed by atoms with Gasteiger partial charge in [0, 0.05) is 49.9 Å². The van der Waals surface area contributed by atoms with Gasteiger partial charge in [-0.05, 0) is 43.4 Å². The van der Waals surface area contributed by atoms with Crippen molar-refractivity contribution >= 4 is 21.6 Å².